The maximum Gasteiger partial charge on any atom is 0.183 e. The van der Waals surface area contributed by atoms with Gasteiger partial charge in [0, 0.05) is 16.8 Å². The Hall–Kier alpha value is -1.57. The van der Waals surface area contributed by atoms with E-state index in [9.17, 15) is 0 Å². The molecule has 0 aliphatic carbocycles. The smallest absolute Gasteiger partial charge is 0.183 e. The average molecular weight is 264 g/mol. The third-order valence-corrected chi connectivity index (χ3v) is 3.31. The third-order valence-electron chi connectivity index (χ3n) is 2.20. The van der Waals surface area contributed by atoms with Gasteiger partial charge in [-0.2, -0.15) is 5.26 Å². The van der Waals surface area contributed by atoms with E-state index in [2.05, 4.69) is 16.4 Å². The molecule has 1 aromatic carbocycles. The number of thiazole rings is 1. The molecule has 1 N–H and O–H groups in total. The van der Waals surface area contributed by atoms with Crippen LogP contribution in [-0.2, 0) is 6.54 Å². The van der Waals surface area contributed by atoms with Crippen LogP contribution in [0, 0.1) is 18.3 Å². The van der Waals surface area contributed by atoms with Gasteiger partial charge in [0.25, 0.3) is 0 Å². The molecule has 0 atom stereocenters. The van der Waals surface area contributed by atoms with Crippen LogP contribution >= 0.6 is 22.9 Å². The van der Waals surface area contributed by atoms with Gasteiger partial charge in [0.1, 0.15) is 0 Å². The molecular weight excluding hydrogens is 254 g/mol. The number of halogens is 1. The second kappa shape index (κ2) is 5.17. The van der Waals surface area contributed by atoms with Crippen LogP contribution in [0.4, 0.5) is 5.69 Å². The average Bonchev–Trinajstić information content (AvgIpc) is 2.72. The highest BCUT2D eigenvalue weighted by atomic mass is 35.5. The Morgan fingerprint density at radius 3 is 2.94 bits per heavy atom. The minimum absolute atomic E-state index is 0.545. The number of rotatable bonds is 3. The lowest BCUT2D eigenvalue weighted by Crippen LogP contribution is -1.98. The van der Waals surface area contributed by atoms with Crippen LogP contribution in [0.15, 0.2) is 24.4 Å². The van der Waals surface area contributed by atoms with Gasteiger partial charge in [-0.15, -0.1) is 11.3 Å². The fourth-order valence-corrected chi connectivity index (χ4v) is 2.42. The molecule has 0 bridgehead atoms. The van der Waals surface area contributed by atoms with Gasteiger partial charge in [-0.05, 0) is 30.7 Å². The van der Waals surface area contributed by atoms with Gasteiger partial charge < -0.3 is 5.32 Å². The van der Waals surface area contributed by atoms with E-state index in [1.165, 1.54) is 11.3 Å². The van der Waals surface area contributed by atoms with E-state index < -0.39 is 0 Å². The highest BCUT2D eigenvalue weighted by Gasteiger charge is 2.01. The SMILES string of the molecule is Cc1cc(C#N)cc(NCc2cnc(Cl)s2)c1. The molecule has 86 valence electrons. The van der Waals surface area contributed by atoms with Crippen molar-refractivity contribution in [3.8, 4) is 6.07 Å². The first-order chi connectivity index (χ1) is 8.17. The van der Waals surface area contributed by atoms with Gasteiger partial charge in [-0.25, -0.2) is 4.98 Å². The van der Waals surface area contributed by atoms with Crippen molar-refractivity contribution < 1.29 is 0 Å². The van der Waals surface area contributed by atoms with E-state index in [4.69, 9.17) is 16.9 Å². The topological polar surface area (TPSA) is 48.7 Å². The molecule has 1 heterocycles. The van der Waals surface area contributed by atoms with Gasteiger partial charge in [0.05, 0.1) is 18.2 Å². The predicted molar refractivity (Wildman–Crippen MR) is 70.3 cm³/mol. The van der Waals surface area contributed by atoms with Crippen LogP contribution in [0.2, 0.25) is 4.47 Å². The predicted octanol–water partition coefficient (Wildman–Crippen LogP) is 3.59. The van der Waals surface area contributed by atoms with Crippen LogP contribution < -0.4 is 5.32 Å². The summed E-state index contributed by atoms with van der Waals surface area (Å²) in [5, 5.41) is 12.1. The highest BCUT2D eigenvalue weighted by molar-refractivity contribution is 7.15. The largest absolute Gasteiger partial charge is 0.380 e. The number of anilines is 1. The summed E-state index contributed by atoms with van der Waals surface area (Å²) in [7, 11) is 0. The van der Waals surface area contributed by atoms with Crippen LogP contribution in [0.5, 0.6) is 0 Å². The quantitative estimate of drug-likeness (QED) is 0.921. The van der Waals surface area contributed by atoms with Crippen molar-refractivity contribution in [2.75, 3.05) is 5.32 Å². The first-order valence-corrected chi connectivity index (χ1v) is 6.22. The van der Waals surface area contributed by atoms with E-state index >= 15 is 0 Å². The second-order valence-electron chi connectivity index (χ2n) is 3.63. The fourth-order valence-electron chi connectivity index (χ4n) is 1.50. The standard InChI is InChI=1S/C12H10ClN3S/c1-8-2-9(5-14)4-10(3-8)15-6-11-7-16-12(13)17-11/h2-4,7,15H,6H2,1H3. The van der Waals surface area contributed by atoms with Gasteiger partial charge >= 0.3 is 0 Å². The summed E-state index contributed by atoms with van der Waals surface area (Å²) in [4.78, 5) is 5.04. The number of hydrogen-bond donors (Lipinski definition) is 1. The highest BCUT2D eigenvalue weighted by Crippen LogP contribution is 2.20. The molecule has 2 rings (SSSR count). The summed E-state index contributed by atoms with van der Waals surface area (Å²) in [5.41, 5.74) is 2.66. The number of benzene rings is 1. The van der Waals surface area contributed by atoms with Crippen molar-refractivity contribution in [3.63, 3.8) is 0 Å². The number of aryl methyl sites for hydroxylation is 1. The van der Waals surface area contributed by atoms with Crippen LogP contribution in [0.25, 0.3) is 0 Å². The van der Waals surface area contributed by atoms with Crippen molar-refractivity contribution in [2.24, 2.45) is 0 Å². The molecule has 0 spiro atoms. The molecule has 0 saturated heterocycles. The molecule has 17 heavy (non-hydrogen) atoms. The second-order valence-corrected chi connectivity index (χ2v) is 5.33. The van der Waals surface area contributed by atoms with E-state index in [-0.39, 0.29) is 0 Å². The maximum absolute atomic E-state index is 8.87. The third kappa shape index (κ3) is 3.19. The minimum atomic E-state index is 0.545. The monoisotopic (exact) mass is 263 g/mol. The lowest BCUT2D eigenvalue weighted by Gasteiger charge is -2.06. The zero-order chi connectivity index (χ0) is 12.3. The molecule has 3 nitrogen and oxygen atoms in total. The summed E-state index contributed by atoms with van der Waals surface area (Å²) >= 11 is 7.20. The zero-order valence-corrected chi connectivity index (χ0v) is 10.8. The lowest BCUT2D eigenvalue weighted by atomic mass is 10.1. The zero-order valence-electron chi connectivity index (χ0n) is 9.20. The first-order valence-electron chi connectivity index (χ1n) is 5.03. The number of hydrogen-bond acceptors (Lipinski definition) is 4. The van der Waals surface area contributed by atoms with Crippen molar-refractivity contribution in [1.82, 2.24) is 4.98 Å². The van der Waals surface area contributed by atoms with Gasteiger partial charge in [0.2, 0.25) is 0 Å². The Bertz CT molecular complexity index is 571. The Labute approximate surface area is 109 Å². The summed E-state index contributed by atoms with van der Waals surface area (Å²) < 4.78 is 0.545. The Kier molecular flexibility index (Phi) is 3.62. The maximum atomic E-state index is 8.87. The number of aromatic nitrogens is 1. The van der Waals surface area contributed by atoms with Crippen LogP contribution in [0.1, 0.15) is 16.0 Å². The van der Waals surface area contributed by atoms with E-state index in [0.29, 0.717) is 16.6 Å². The molecule has 0 aliphatic rings. The van der Waals surface area contributed by atoms with Crippen molar-refractivity contribution in [3.05, 3.63) is 44.9 Å². The summed E-state index contributed by atoms with van der Waals surface area (Å²) in [6.07, 6.45) is 1.75. The molecule has 0 fully saturated rings. The number of nitriles is 1. The van der Waals surface area contributed by atoms with Crippen molar-refractivity contribution in [1.29, 1.82) is 5.26 Å². The van der Waals surface area contributed by atoms with E-state index in [1.807, 2.05) is 25.1 Å². The summed E-state index contributed by atoms with van der Waals surface area (Å²) in [6, 6.07) is 7.83. The van der Waals surface area contributed by atoms with E-state index in [0.717, 1.165) is 16.1 Å². The molecule has 5 heteroatoms. The molecule has 0 amide bonds. The molecule has 2 aromatic rings. The molecule has 0 aliphatic heterocycles. The van der Waals surface area contributed by atoms with Gasteiger partial charge in [-0.3, -0.25) is 0 Å². The normalized spacial score (nSPS) is 9.94. The summed E-state index contributed by atoms with van der Waals surface area (Å²) in [5.74, 6) is 0. The molecule has 0 unspecified atom stereocenters. The molecular formula is C12H10ClN3S. The molecule has 0 radical (unpaired) electrons. The minimum Gasteiger partial charge on any atom is -0.380 e. The van der Waals surface area contributed by atoms with Gasteiger partial charge in [-0.1, -0.05) is 11.6 Å². The molecule has 0 saturated carbocycles. The van der Waals surface area contributed by atoms with Gasteiger partial charge in [0.15, 0.2) is 4.47 Å². The lowest BCUT2D eigenvalue weighted by molar-refractivity contribution is 1.17. The Morgan fingerprint density at radius 1 is 1.47 bits per heavy atom. The Morgan fingerprint density at radius 2 is 2.29 bits per heavy atom. The van der Waals surface area contributed by atoms with Crippen LogP contribution in [-0.4, -0.2) is 4.98 Å². The first kappa shape index (κ1) is 11.9. The Balaban J connectivity index is 2.09. The number of nitrogens with zero attached hydrogens (tertiary/aromatic N) is 2. The summed E-state index contributed by atoms with van der Waals surface area (Å²) in [6.45, 7) is 2.63. The van der Waals surface area contributed by atoms with Crippen LogP contribution in [0.3, 0.4) is 0 Å². The van der Waals surface area contributed by atoms with Crippen molar-refractivity contribution in [2.45, 2.75) is 13.5 Å². The molecule has 1 aromatic heterocycles. The van der Waals surface area contributed by atoms with Crippen molar-refractivity contribution >= 4 is 28.6 Å². The van der Waals surface area contributed by atoms with E-state index in [1.54, 1.807) is 6.20 Å². The number of nitrogens with one attached hydrogen (secondary N) is 1. The fraction of sp³-hybridized carbons (Fsp3) is 0.167.